The van der Waals surface area contributed by atoms with Gasteiger partial charge in [0.2, 0.25) is 11.8 Å². The highest BCUT2D eigenvalue weighted by Crippen LogP contribution is 2.27. The first-order valence-electron chi connectivity index (χ1n) is 11.8. The van der Waals surface area contributed by atoms with Crippen LogP contribution in [0.25, 0.3) is 0 Å². The Kier molecular flexibility index (Phi) is 8.16. The molecule has 0 spiro atoms. The van der Waals surface area contributed by atoms with E-state index in [1.807, 2.05) is 0 Å². The number of nitrogens with zero attached hydrogens (tertiary/aromatic N) is 2. The van der Waals surface area contributed by atoms with Gasteiger partial charge in [-0.1, -0.05) is 0 Å². The molecule has 3 saturated heterocycles. The summed E-state index contributed by atoms with van der Waals surface area (Å²) in [5, 5.41) is 0. The van der Waals surface area contributed by atoms with Gasteiger partial charge in [-0.2, -0.15) is 0 Å². The van der Waals surface area contributed by atoms with E-state index in [0.29, 0.717) is 58.0 Å². The molecule has 0 saturated carbocycles. The smallest absolute Gasteiger partial charge is 0.225 e. The fourth-order valence-corrected chi connectivity index (χ4v) is 4.56. The summed E-state index contributed by atoms with van der Waals surface area (Å²) >= 11 is 0. The Morgan fingerprint density at radius 2 is 1.79 bits per heavy atom. The van der Waals surface area contributed by atoms with Crippen molar-refractivity contribution in [2.75, 3.05) is 59.2 Å². The Morgan fingerprint density at radius 3 is 2.52 bits per heavy atom. The Balaban J connectivity index is 1.42. The summed E-state index contributed by atoms with van der Waals surface area (Å²) in [5.74, 6) is 0.130. The predicted molar refractivity (Wildman–Crippen MR) is 117 cm³/mol. The molecule has 2 amide bonds. The van der Waals surface area contributed by atoms with E-state index in [9.17, 15) is 14.0 Å². The van der Waals surface area contributed by atoms with Crippen LogP contribution in [-0.2, 0) is 23.8 Å². The minimum atomic E-state index is -0.971. The molecule has 0 N–H and O–H groups in total. The highest BCUT2D eigenvalue weighted by Gasteiger charge is 2.42. The molecule has 3 fully saturated rings. The van der Waals surface area contributed by atoms with Gasteiger partial charge in [0, 0.05) is 32.7 Å². The Hall–Kier alpha value is -2.23. The van der Waals surface area contributed by atoms with E-state index in [2.05, 4.69) is 0 Å². The Morgan fingerprint density at radius 1 is 1.03 bits per heavy atom. The summed E-state index contributed by atoms with van der Waals surface area (Å²) in [6.45, 7) is 4.04. The van der Waals surface area contributed by atoms with Crippen LogP contribution in [0.2, 0.25) is 0 Å². The number of carbonyl (C=O) groups is 2. The van der Waals surface area contributed by atoms with E-state index in [-0.39, 0.29) is 43.3 Å². The third-order valence-corrected chi connectivity index (χ3v) is 6.46. The van der Waals surface area contributed by atoms with Crippen LogP contribution in [0.1, 0.15) is 32.1 Å². The molecule has 182 valence electrons. The Labute approximate surface area is 193 Å². The van der Waals surface area contributed by atoms with Crippen molar-refractivity contribution in [3.05, 3.63) is 30.1 Å². The number of carbonyl (C=O) groups excluding carboxylic acids is 2. The first-order chi connectivity index (χ1) is 16.0. The quantitative estimate of drug-likeness (QED) is 0.586. The average Bonchev–Trinajstić information content (AvgIpc) is 3.37. The fourth-order valence-electron chi connectivity index (χ4n) is 4.56. The van der Waals surface area contributed by atoms with E-state index in [1.165, 1.54) is 12.1 Å². The number of morpholine rings is 2. The molecule has 4 rings (SSSR count). The first-order valence-corrected chi connectivity index (χ1v) is 11.8. The molecular weight excluding hydrogens is 431 g/mol. The summed E-state index contributed by atoms with van der Waals surface area (Å²) in [7, 11) is 0. The average molecular weight is 465 g/mol. The van der Waals surface area contributed by atoms with Crippen molar-refractivity contribution in [3.8, 4) is 5.75 Å². The normalized spacial score (nSPS) is 25.8. The van der Waals surface area contributed by atoms with Crippen molar-refractivity contribution in [3.63, 3.8) is 0 Å². The standard InChI is InChI=1S/C24H33FN2O6/c25-19-3-5-21(6-4-19)32-18-24(16-23(29)26-9-13-30-14-10-26)17-27(11-15-33-24)22(28)8-7-20-2-1-12-31-20/h3-6,20H,1-2,7-18H2/t20-,24+/m1/s1. The second-order valence-electron chi connectivity index (χ2n) is 8.93. The number of hydrogen-bond donors (Lipinski definition) is 0. The molecule has 2 atom stereocenters. The van der Waals surface area contributed by atoms with Crippen LogP contribution < -0.4 is 4.74 Å². The number of hydrogen-bond acceptors (Lipinski definition) is 6. The summed E-state index contributed by atoms with van der Waals surface area (Å²) in [6, 6.07) is 5.73. The third-order valence-electron chi connectivity index (χ3n) is 6.46. The lowest BCUT2D eigenvalue weighted by Crippen LogP contribution is -2.58. The second-order valence-corrected chi connectivity index (χ2v) is 8.93. The molecule has 0 radical (unpaired) electrons. The molecule has 9 heteroatoms. The Bertz CT molecular complexity index is 795. The molecule has 1 aromatic carbocycles. The molecule has 3 aliphatic rings. The highest BCUT2D eigenvalue weighted by atomic mass is 19.1. The van der Waals surface area contributed by atoms with E-state index in [0.717, 1.165) is 19.4 Å². The van der Waals surface area contributed by atoms with Gasteiger partial charge in [0.25, 0.3) is 0 Å². The van der Waals surface area contributed by atoms with Crippen molar-refractivity contribution < 1.29 is 32.9 Å². The lowest BCUT2D eigenvalue weighted by atomic mass is 9.96. The van der Waals surface area contributed by atoms with Crippen molar-refractivity contribution in [2.45, 2.75) is 43.8 Å². The van der Waals surface area contributed by atoms with Gasteiger partial charge in [0.05, 0.1) is 38.9 Å². The lowest BCUT2D eigenvalue weighted by molar-refractivity contribution is -0.167. The van der Waals surface area contributed by atoms with Gasteiger partial charge in [-0.3, -0.25) is 9.59 Å². The van der Waals surface area contributed by atoms with Crippen LogP contribution in [0, 0.1) is 5.82 Å². The van der Waals surface area contributed by atoms with E-state index < -0.39 is 5.60 Å². The van der Waals surface area contributed by atoms with Gasteiger partial charge in [-0.25, -0.2) is 4.39 Å². The van der Waals surface area contributed by atoms with Gasteiger partial charge in [0.1, 0.15) is 23.8 Å². The molecule has 33 heavy (non-hydrogen) atoms. The maximum Gasteiger partial charge on any atom is 0.225 e. The van der Waals surface area contributed by atoms with Gasteiger partial charge in [0.15, 0.2) is 0 Å². The maximum atomic E-state index is 13.3. The number of amides is 2. The van der Waals surface area contributed by atoms with Crippen LogP contribution in [0.3, 0.4) is 0 Å². The van der Waals surface area contributed by atoms with E-state index in [4.69, 9.17) is 18.9 Å². The van der Waals surface area contributed by atoms with Crippen molar-refractivity contribution >= 4 is 11.8 Å². The predicted octanol–water partition coefficient (Wildman–Crippen LogP) is 2.01. The maximum absolute atomic E-state index is 13.3. The van der Waals surface area contributed by atoms with Gasteiger partial charge in [-0.05, 0) is 43.5 Å². The zero-order valence-electron chi connectivity index (χ0n) is 19.0. The first kappa shape index (κ1) is 23.9. The van der Waals surface area contributed by atoms with Crippen LogP contribution in [0.5, 0.6) is 5.75 Å². The minimum Gasteiger partial charge on any atom is -0.490 e. The molecule has 3 heterocycles. The van der Waals surface area contributed by atoms with Crippen LogP contribution >= 0.6 is 0 Å². The minimum absolute atomic E-state index is 0.0405. The topological polar surface area (TPSA) is 77.5 Å². The number of benzene rings is 1. The number of rotatable bonds is 8. The van der Waals surface area contributed by atoms with E-state index >= 15 is 0 Å². The van der Waals surface area contributed by atoms with Crippen molar-refractivity contribution in [1.29, 1.82) is 0 Å². The highest BCUT2D eigenvalue weighted by molar-refractivity contribution is 5.79. The van der Waals surface area contributed by atoms with Crippen LogP contribution in [0.15, 0.2) is 24.3 Å². The van der Waals surface area contributed by atoms with Crippen LogP contribution in [-0.4, -0.2) is 92.5 Å². The van der Waals surface area contributed by atoms with Crippen LogP contribution in [0.4, 0.5) is 4.39 Å². The molecule has 0 unspecified atom stereocenters. The van der Waals surface area contributed by atoms with Crippen molar-refractivity contribution in [1.82, 2.24) is 9.80 Å². The summed E-state index contributed by atoms with van der Waals surface area (Å²) in [5.41, 5.74) is -0.971. The fraction of sp³-hybridized carbons (Fsp3) is 0.667. The number of halogens is 1. The molecule has 1 aromatic rings. The second kappa shape index (κ2) is 11.3. The third kappa shape index (κ3) is 6.65. The van der Waals surface area contributed by atoms with Gasteiger partial charge >= 0.3 is 0 Å². The molecule has 8 nitrogen and oxygen atoms in total. The van der Waals surface area contributed by atoms with Crippen molar-refractivity contribution in [2.24, 2.45) is 0 Å². The SMILES string of the molecule is O=C(C[C@@]1(COc2ccc(F)cc2)CN(C(=O)CC[C@H]2CCCO2)CCO1)N1CCOCC1. The van der Waals surface area contributed by atoms with E-state index in [1.54, 1.807) is 21.9 Å². The molecule has 0 aromatic heterocycles. The zero-order chi connectivity index (χ0) is 23.1. The summed E-state index contributed by atoms with van der Waals surface area (Å²) in [6.07, 6.45) is 3.43. The largest absolute Gasteiger partial charge is 0.490 e. The monoisotopic (exact) mass is 464 g/mol. The molecule has 0 aliphatic carbocycles. The van der Waals surface area contributed by atoms with Gasteiger partial charge in [-0.15, -0.1) is 0 Å². The molecule has 3 aliphatic heterocycles. The van der Waals surface area contributed by atoms with Gasteiger partial charge < -0.3 is 28.7 Å². The molecular formula is C24H33FN2O6. The lowest BCUT2D eigenvalue weighted by Gasteiger charge is -2.43. The molecule has 0 bridgehead atoms. The number of ether oxygens (including phenoxy) is 4. The zero-order valence-corrected chi connectivity index (χ0v) is 19.0. The summed E-state index contributed by atoms with van der Waals surface area (Å²) < 4.78 is 36.3. The summed E-state index contributed by atoms with van der Waals surface area (Å²) in [4.78, 5) is 29.6.